The van der Waals surface area contributed by atoms with Crippen molar-refractivity contribution in [2.45, 2.75) is 17.9 Å². The van der Waals surface area contributed by atoms with Gasteiger partial charge in [0.15, 0.2) is 0 Å². The molecule has 0 spiro atoms. The van der Waals surface area contributed by atoms with E-state index in [-0.39, 0.29) is 11.4 Å². The van der Waals surface area contributed by atoms with Gasteiger partial charge in [-0.3, -0.25) is 4.79 Å². The topological polar surface area (TPSA) is 84.9 Å². The van der Waals surface area contributed by atoms with Crippen LogP contribution in [0, 0.1) is 0 Å². The Kier molecular flexibility index (Phi) is 7.45. The summed E-state index contributed by atoms with van der Waals surface area (Å²) in [6.07, 6.45) is 0. The molecule has 0 aliphatic heterocycles. The molecule has 0 saturated carbocycles. The van der Waals surface area contributed by atoms with Gasteiger partial charge in [-0.05, 0) is 49.4 Å². The van der Waals surface area contributed by atoms with E-state index in [9.17, 15) is 13.2 Å². The second kappa shape index (κ2) is 9.40. The molecule has 7 nitrogen and oxygen atoms in total. The fourth-order valence-corrected chi connectivity index (χ4v) is 4.01. The van der Waals surface area contributed by atoms with Gasteiger partial charge in [0.1, 0.15) is 11.5 Å². The first-order valence-electron chi connectivity index (χ1n) is 8.42. The van der Waals surface area contributed by atoms with Crippen LogP contribution in [0.25, 0.3) is 0 Å². The summed E-state index contributed by atoms with van der Waals surface area (Å²) >= 11 is 3.27. The van der Waals surface area contributed by atoms with Gasteiger partial charge in [-0.1, -0.05) is 15.9 Å². The van der Waals surface area contributed by atoms with Crippen molar-refractivity contribution in [3.8, 4) is 11.5 Å². The van der Waals surface area contributed by atoms with Crippen LogP contribution in [0.4, 0.5) is 0 Å². The summed E-state index contributed by atoms with van der Waals surface area (Å²) in [4.78, 5) is 12.5. The van der Waals surface area contributed by atoms with E-state index in [1.165, 1.54) is 19.2 Å². The van der Waals surface area contributed by atoms with Crippen molar-refractivity contribution in [3.63, 3.8) is 0 Å². The van der Waals surface area contributed by atoms with Crippen LogP contribution in [-0.2, 0) is 14.8 Å². The van der Waals surface area contributed by atoms with Crippen molar-refractivity contribution < 1.29 is 22.7 Å². The number of sulfonamides is 1. The largest absolute Gasteiger partial charge is 0.497 e. The van der Waals surface area contributed by atoms with Gasteiger partial charge in [0, 0.05) is 17.1 Å². The van der Waals surface area contributed by atoms with Gasteiger partial charge in [-0.2, -0.15) is 4.31 Å². The van der Waals surface area contributed by atoms with Crippen molar-refractivity contribution in [1.29, 1.82) is 0 Å². The molecular weight excluding hydrogens is 448 g/mol. The number of carbonyl (C=O) groups excluding carboxylic acids is 1. The number of hydrogen-bond donors (Lipinski definition) is 1. The number of methoxy groups -OCH3 is 2. The average Bonchev–Trinajstić information content (AvgIpc) is 2.67. The number of halogens is 1. The summed E-state index contributed by atoms with van der Waals surface area (Å²) in [5, 5.41) is 2.80. The Morgan fingerprint density at radius 1 is 1.14 bits per heavy atom. The van der Waals surface area contributed by atoms with Crippen LogP contribution >= 0.6 is 15.9 Å². The Labute approximate surface area is 173 Å². The molecule has 0 aromatic heterocycles. The molecule has 0 bridgehead atoms. The van der Waals surface area contributed by atoms with Gasteiger partial charge in [0.25, 0.3) is 0 Å². The van der Waals surface area contributed by atoms with Gasteiger partial charge in [-0.25, -0.2) is 8.42 Å². The van der Waals surface area contributed by atoms with Gasteiger partial charge in [0.05, 0.1) is 31.7 Å². The normalized spacial score (nSPS) is 12.5. The minimum Gasteiger partial charge on any atom is -0.497 e. The first kappa shape index (κ1) is 22.2. The number of benzene rings is 2. The lowest BCUT2D eigenvalue weighted by Crippen LogP contribution is -2.39. The van der Waals surface area contributed by atoms with Crippen LogP contribution in [-0.4, -0.2) is 46.4 Å². The van der Waals surface area contributed by atoms with Crippen molar-refractivity contribution >= 4 is 31.9 Å². The molecule has 28 heavy (non-hydrogen) atoms. The highest BCUT2D eigenvalue weighted by Gasteiger charge is 2.24. The quantitative estimate of drug-likeness (QED) is 0.640. The second-order valence-electron chi connectivity index (χ2n) is 6.11. The zero-order chi connectivity index (χ0) is 20.9. The van der Waals surface area contributed by atoms with Gasteiger partial charge in [-0.15, -0.1) is 0 Å². The van der Waals surface area contributed by atoms with E-state index >= 15 is 0 Å². The highest BCUT2D eigenvalue weighted by molar-refractivity contribution is 9.10. The summed E-state index contributed by atoms with van der Waals surface area (Å²) in [5.74, 6) is 0.803. The number of rotatable bonds is 8. The minimum atomic E-state index is -3.77. The zero-order valence-corrected chi connectivity index (χ0v) is 18.5. The molecule has 152 valence electrons. The van der Waals surface area contributed by atoms with Crippen LogP contribution in [0.2, 0.25) is 0 Å². The lowest BCUT2D eigenvalue weighted by atomic mass is 10.1. The van der Waals surface area contributed by atoms with E-state index < -0.39 is 22.0 Å². The average molecular weight is 471 g/mol. The fraction of sp³-hybridized carbons (Fsp3) is 0.316. The summed E-state index contributed by atoms with van der Waals surface area (Å²) in [7, 11) is 0.694. The van der Waals surface area contributed by atoms with Crippen molar-refractivity contribution in [2.24, 2.45) is 0 Å². The Bertz CT molecular complexity index is 932. The highest BCUT2D eigenvalue weighted by atomic mass is 79.9. The van der Waals surface area contributed by atoms with E-state index in [1.807, 2.05) is 0 Å². The summed E-state index contributed by atoms with van der Waals surface area (Å²) < 4.78 is 37.6. The van der Waals surface area contributed by atoms with E-state index in [4.69, 9.17) is 9.47 Å². The zero-order valence-electron chi connectivity index (χ0n) is 16.1. The SMILES string of the molecule is COc1ccc(OC)c(C(C)NC(=O)CN(C)S(=O)(=O)c2ccc(Br)cc2)c1. The lowest BCUT2D eigenvalue weighted by Gasteiger charge is -2.21. The van der Waals surface area contributed by atoms with Gasteiger partial charge >= 0.3 is 0 Å². The number of nitrogens with one attached hydrogen (secondary N) is 1. The first-order valence-corrected chi connectivity index (χ1v) is 10.7. The molecule has 0 heterocycles. The minimum absolute atomic E-state index is 0.119. The number of amides is 1. The van der Waals surface area contributed by atoms with E-state index in [1.54, 1.807) is 51.5 Å². The third-order valence-corrected chi connectivity index (χ3v) is 6.52. The number of nitrogens with zero attached hydrogens (tertiary/aromatic N) is 1. The maximum Gasteiger partial charge on any atom is 0.243 e. The smallest absolute Gasteiger partial charge is 0.243 e. The van der Waals surface area contributed by atoms with Crippen molar-refractivity contribution in [3.05, 3.63) is 52.5 Å². The first-order chi connectivity index (χ1) is 13.2. The Hall–Kier alpha value is -2.10. The predicted molar refractivity (Wildman–Crippen MR) is 110 cm³/mol. The summed E-state index contributed by atoms with van der Waals surface area (Å²) in [6.45, 7) is 1.48. The van der Waals surface area contributed by atoms with Gasteiger partial charge < -0.3 is 14.8 Å². The third-order valence-electron chi connectivity index (χ3n) is 4.17. The summed E-state index contributed by atoms with van der Waals surface area (Å²) in [5.41, 5.74) is 0.730. The molecule has 0 aliphatic carbocycles. The van der Waals surface area contributed by atoms with Crippen LogP contribution < -0.4 is 14.8 Å². The fourth-order valence-electron chi connectivity index (χ4n) is 2.62. The maximum absolute atomic E-state index is 12.6. The van der Waals surface area contributed by atoms with E-state index in [0.29, 0.717) is 11.5 Å². The molecule has 1 N–H and O–H groups in total. The number of hydrogen-bond acceptors (Lipinski definition) is 5. The van der Waals surface area contributed by atoms with Gasteiger partial charge in [0.2, 0.25) is 15.9 Å². The molecule has 1 unspecified atom stereocenters. The highest BCUT2D eigenvalue weighted by Crippen LogP contribution is 2.29. The van der Waals surface area contributed by atoms with Crippen molar-refractivity contribution in [2.75, 3.05) is 27.8 Å². The van der Waals surface area contributed by atoms with E-state index in [0.717, 1.165) is 14.3 Å². The second-order valence-corrected chi connectivity index (χ2v) is 9.07. The molecule has 0 fully saturated rings. The molecule has 0 radical (unpaired) electrons. The number of likely N-dealkylation sites (N-methyl/N-ethyl adjacent to an activating group) is 1. The monoisotopic (exact) mass is 470 g/mol. The molecule has 2 aromatic carbocycles. The molecule has 1 atom stereocenters. The Balaban J connectivity index is 2.10. The van der Waals surface area contributed by atoms with Crippen LogP contribution in [0.1, 0.15) is 18.5 Å². The predicted octanol–water partition coefficient (Wildman–Crippen LogP) is 2.96. The molecule has 0 saturated heterocycles. The molecular formula is C19H23BrN2O5S. The maximum atomic E-state index is 12.6. The van der Waals surface area contributed by atoms with E-state index in [2.05, 4.69) is 21.2 Å². The summed E-state index contributed by atoms with van der Waals surface area (Å²) in [6, 6.07) is 11.1. The van der Waals surface area contributed by atoms with Crippen LogP contribution in [0.3, 0.4) is 0 Å². The third kappa shape index (κ3) is 5.24. The molecule has 1 amide bonds. The molecule has 9 heteroatoms. The standard InChI is InChI=1S/C19H23BrN2O5S/c1-13(17-11-15(26-3)7-10-18(17)27-4)21-19(23)12-22(2)28(24,25)16-8-5-14(20)6-9-16/h5-11,13H,12H2,1-4H3,(H,21,23). The van der Waals surface area contributed by atoms with Crippen LogP contribution in [0.5, 0.6) is 11.5 Å². The molecule has 2 aromatic rings. The molecule has 0 aliphatic rings. The Morgan fingerprint density at radius 2 is 1.79 bits per heavy atom. The van der Waals surface area contributed by atoms with Crippen molar-refractivity contribution in [1.82, 2.24) is 9.62 Å². The van der Waals surface area contributed by atoms with Crippen LogP contribution in [0.15, 0.2) is 51.8 Å². The number of carbonyl (C=O) groups is 1. The molecule has 2 rings (SSSR count). The Morgan fingerprint density at radius 3 is 2.36 bits per heavy atom. The lowest BCUT2D eigenvalue weighted by molar-refractivity contribution is -0.121. The number of ether oxygens (including phenoxy) is 2.